The van der Waals surface area contributed by atoms with Crippen molar-refractivity contribution in [3.05, 3.63) is 0 Å². The SMILES string of the molecule is CC1(C)ON=CC1F. The fraction of sp³-hybridized carbons (Fsp3) is 0.800. The van der Waals surface area contributed by atoms with Gasteiger partial charge in [0, 0.05) is 0 Å². The minimum absolute atomic E-state index is 0.736. The third kappa shape index (κ3) is 0.680. The monoisotopic (exact) mass is 117 g/mol. The second-order valence-corrected chi connectivity index (χ2v) is 2.35. The Balaban J connectivity index is 2.64. The zero-order valence-corrected chi connectivity index (χ0v) is 4.89. The molecule has 0 aromatic carbocycles. The first-order chi connectivity index (χ1) is 3.63. The lowest BCUT2D eigenvalue weighted by atomic mass is 10.1. The molecule has 0 radical (unpaired) electrons. The van der Waals surface area contributed by atoms with Crippen molar-refractivity contribution in [2.45, 2.75) is 25.6 Å². The first kappa shape index (κ1) is 5.54. The van der Waals surface area contributed by atoms with Crippen molar-refractivity contribution in [1.82, 2.24) is 0 Å². The number of oxime groups is 1. The Morgan fingerprint density at radius 2 is 2.38 bits per heavy atom. The summed E-state index contributed by atoms with van der Waals surface area (Å²) in [6.45, 7) is 3.31. The molecule has 0 N–H and O–H groups in total. The quantitative estimate of drug-likeness (QED) is 0.466. The number of rotatable bonds is 0. The maximum Gasteiger partial charge on any atom is 0.180 e. The predicted molar refractivity (Wildman–Crippen MR) is 28.6 cm³/mol. The molecule has 0 fully saturated rings. The van der Waals surface area contributed by atoms with Crippen LogP contribution in [0.15, 0.2) is 5.16 Å². The molecular formula is C5H8FNO. The summed E-state index contributed by atoms with van der Waals surface area (Å²) >= 11 is 0. The third-order valence-corrected chi connectivity index (χ3v) is 1.14. The number of hydrogen-bond donors (Lipinski definition) is 0. The summed E-state index contributed by atoms with van der Waals surface area (Å²) in [5.41, 5.74) is -0.736. The summed E-state index contributed by atoms with van der Waals surface area (Å²) in [5, 5.41) is 3.32. The molecule has 0 aliphatic carbocycles. The molecule has 0 saturated heterocycles. The van der Waals surface area contributed by atoms with Crippen LogP contribution in [0.2, 0.25) is 0 Å². The summed E-state index contributed by atoms with van der Waals surface area (Å²) in [6.07, 6.45) is 0.113. The van der Waals surface area contributed by atoms with Gasteiger partial charge in [0.15, 0.2) is 11.8 Å². The van der Waals surface area contributed by atoms with E-state index in [0.29, 0.717) is 0 Å². The number of alkyl halides is 1. The highest BCUT2D eigenvalue weighted by molar-refractivity contribution is 5.65. The lowest BCUT2D eigenvalue weighted by Gasteiger charge is -2.16. The Bertz CT molecular complexity index is 122. The summed E-state index contributed by atoms with van der Waals surface area (Å²) in [7, 11) is 0. The largest absolute Gasteiger partial charge is 0.387 e. The van der Waals surface area contributed by atoms with Gasteiger partial charge in [-0.05, 0) is 13.8 Å². The molecular weight excluding hydrogens is 109 g/mol. The first-order valence-electron chi connectivity index (χ1n) is 2.49. The molecule has 2 nitrogen and oxygen atoms in total. The van der Waals surface area contributed by atoms with Gasteiger partial charge >= 0.3 is 0 Å². The van der Waals surface area contributed by atoms with Gasteiger partial charge in [-0.25, -0.2) is 4.39 Å². The lowest BCUT2D eigenvalue weighted by Crippen LogP contribution is -2.30. The molecule has 1 rings (SSSR count). The van der Waals surface area contributed by atoms with Gasteiger partial charge in [-0.1, -0.05) is 5.16 Å². The smallest absolute Gasteiger partial charge is 0.180 e. The van der Waals surface area contributed by atoms with Gasteiger partial charge in [0.05, 0.1) is 6.21 Å². The van der Waals surface area contributed by atoms with Crippen LogP contribution in [-0.4, -0.2) is 18.0 Å². The number of nitrogens with zero attached hydrogens (tertiary/aromatic N) is 1. The van der Waals surface area contributed by atoms with Crippen LogP contribution < -0.4 is 0 Å². The zero-order chi connectivity index (χ0) is 6.20. The van der Waals surface area contributed by atoms with Gasteiger partial charge in [0.25, 0.3) is 0 Å². The molecule has 0 aromatic heterocycles. The highest BCUT2D eigenvalue weighted by Gasteiger charge is 2.34. The van der Waals surface area contributed by atoms with Crippen LogP contribution in [0.25, 0.3) is 0 Å². The van der Waals surface area contributed by atoms with Crippen molar-refractivity contribution >= 4 is 6.21 Å². The summed E-state index contributed by atoms with van der Waals surface area (Å²) in [4.78, 5) is 4.65. The molecule has 0 spiro atoms. The number of halogens is 1. The van der Waals surface area contributed by atoms with E-state index in [1.807, 2.05) is 0 Å². The average molecular weight is 117 g/mol. The molecule has 46 valence electrons. The van der Waals surface area contributed by atoms with E-state index < -0.39 is 11.8 Å². The molecule has 3 heteroatoms. The molecule has 1 aliphatic heterocycles. The van der Waals surface area contributed by atoms with Crippen molar-refractivity contribution in [1.29, 1.82) is 0 Å². The van der Waals surface area contributed by atoms with Crippen molar-refractivity contribution in [3.8, 4) is 0 Å². The van der Waals surface area contributed by atoms with Crippen molar-refractivity contribution in [3.63, 3.8) is 0 Å². The Kier molecular flexibility index (Phi) is 0.994. The van der Waals surface area contributed by atoms with Crippen LogP contribution in [0, 0.1) is 0 Å². The van der Waals surface area contributed by atoms with E-state index in [9.17, 15) is 4.39 Å². The Morgan fingerprint density at radius 1 is 1.75 bits per heavy atom. The fourth-order valence-corrected chi connectivity index (χ4v) is 0.450. The average Bonchev–Trinajstić information content (AvgIpc) is 1.86. The minimum Gasteiger partial charge on any atom is -0.387 e. The van der Waals surface area contributed by atoms with Gasteiger partial charge in [0.2, 0.25) is 0 Å². The Labute approximate surface area is 47.3 Å². The lowest BCUT2D eigenvalue weighted by molar-refractivity contribution is -0.0232. The molecule has 1 heterocycles. The van der Waals surface area contributed by atoms with Crippen LogP contribution >= 0.6 is 0 Å². The second-order valence-electron chi connectivity index (χ2n) is 2.35. The van der Waals surface area contributed by atoms with Gasteiger partial charge in [-0.2, -0.15) is 0 Å². The van der Waals surface area contributed by atoms with E-state index in [2.05, 4.69) is 9.99 Å². The van der Waals surface area contributed by atoms with E-state index in [-0.39, 0.29) is 0 Å². The van der Waals surface area contributed by atoms with E-state index in [1.54, 1.807) is 13.8 Å². The summed E-state index contributed by atoms with van der Waals surface area (Å²) in [6, 6.07) is 0. The molecule has 1 unspecified atom stereocenters. The third-order valence-electron chi connectivity index (χ3n) is 1.14. The second kappa shape index (κ2) is 1.44. The van der Waals surface area contributed by atoms with Crippen molar-refractivity contribution < 1.29 is 9.23 Å². The van der Waals surface area contributed by atoms with Crippen LogP contribution in [0.1, 0.15) is 13.8 Å². The molecule has 0 aromatic rings. The van der Waals surface area contributed by atoms with Crippen LogP contribution in [0.3, 0.4) is 0 Å². The Hall–Kier alpha value is -0.600. The van der Waals surface area contributed by atoms with Crippen molar-refractivity contribution in [2.24, 2.45) is 5.16 Å². The van der Waals surface area contributed by atoms with E-state index in [1.165, 1.54) is 6.21 Å². The summed E-state index contributed by atoms with van der Waals surface area (Å²) in [5.74, 6) is 0. The number of hydrogen-bond acceptors (Lipinski definition) is 2. The van der Waals surface area contributed by atoms with Gasteiger partial charge < -0.3 is 4.84 Å². The topological polar surface area (TPSA) is 21.6 Å². The van der Waals surface area contributed by atoms with E-state index >= 15 is 0 Å². The molecule has 0 bridgehead atoms. The Morgan fingerprint density at radius 3 is 2.50 bits per heavy atom. The minimum atomic E-state index is -1.05. The maximum atomic E-state index is 12.4. The normalized spacial score (nSPS) is 32.6. The first-order valence-corrected chi connectivity index (χ1v) is 2.49. The van der Waals surface area contributed by atoms with Gasteiger partial charge in [-0.3, -0.25) is 0 Å². The standard InChI is InChI=1S/C5H8FNO/c1-5(2)4(6)3-7-8-5/h3-4H,1-2H3. The maximum absolute atomic E-state index is 12.4. The van der Waals surface area contributed by atoms with E-state index in [4.69, 9.17) is 0 Å². The predicted octanol–water partition coefficient (Wildman–Crippen LogP) is 1.12. The fourth-order valence-electron chi connectivity index (χ4n) is 0.450. The van der Waals surface area contributed by atoms with E-state index in [0.717, 1.165) is 0 Å². The zero-order valence-electron chi connectivity index (χ0n) is 4.89. The summed E-state index contributed by atoms with van der Waals surface area (Å²) < 4.78 is 12.4. The van der Waals surface area contributed by atoms with Gasteiger partial charge in [0.1, 0.15) is 0 Å². The highest BCUT2D eigenvalue weighted by Crippen LogP contribution is 2.21. The van der Waals surface area contributed by atoms with Gasteiger partial charge in [-0.15, -0.1) is 0 Å². The molecule has 8 heavy (non-hydrogen) atoms. The molecule has 0 saturated carbocycles. The van der Waals surface area contributed by atoms with Crippen LogP contribution in [-0.2, 0) is 4.84 Å². The van der Waals surface area contributed by atoms with Crippen LogP contribution in [0.4, 0.5) is 4.39 Å². The molecule has 1 atom stereocenters. The molecule has 1 aliphatic rings. The van der Waals surface area contributed by atoms with Crippen molar-refractivity contribution in [2.75, 3.05) is 0 Å². The van der Waals surface area contributed by atoms with Crippen LogP contribution in [0.5, 0.6) is 0 Å². The molecule has 0 amide bonds. The highest BCUT2D eigenvalue weighted by atomic mass is 19.1.